The van der Waals surface area contributed by atoms with Gasteiger partial charge in [0.05, 0.1) is 12.1 Å². The fourth-order valence-corrected chi connectivity index (χ4v) is 5.11. The molecule has 32 heavy (non-hydrogen) atoms. The van der Waals surface area contributed by atoms with E-state index in [1.165, 1.54) is 38.2 Å². The molecular weight excluding hydrogens is 400 g/mol. The van der Waals surface area contributed by atoms with Gasteiger partial charge in [0.1, 0.15) is 11.5 Å². The van der Waals surface area contributed by atoms with Crippen molar-refractivity contribution in [2.45, 2.75) is 98.5 Å². The molecule has 4 nitrogen and oxygen atoms in total. The SMILES string of the molecule is CC12CCC(CC1=O)C2(C)C.CCCCCCC(CC)Oc1ccccc1/C=C/C(=O)[O-]. The lowest BCUT2D eigenvalue weighted by atomic mass is 9.70. The number of hydrogen-bond acceptors (Lipinski definition) is 4. The van der Waals surface area contributed by atoms with Crippen LogP contribution in [0.3, 0.4) is 0 Å². The first-order valence-corrected chi connectivity index (χ1v) is 12.3. The number of rotatable bonds is 10. The summed E-state index contributed by atoms with van der Waals surface area (Å²) in [6.45, 7) is 11.0. The molecule has 2 aliphatic carbocycles. The maximum absolute atomic E-state index is 11.6. The fourth-order valence-electron chi connectivity index (χ4n) is 5.11. The summed E-state index contributed by atoms with van der Waals surface area (Å²) in [6.07, 6.45) is 12.9. The number of ketones is 1. The van der Waals surface area contributed by atoms with Crippen molar-refractivity contribution in [1.29, 1.82) is 0 Å². The lowest BCUT2D eigenvalue weighted by molar-refractivity contribution is -0.297. The summed E-state index contributed by atoms with van der Waals surface area (Å²) in [4.78, 5) is 22.1. The predicted octanol–water partition coefficient (Wildman–Crippen LogP) is 5.98. The molecule has 0 aliphatic heterocycles. The van der Waals surface area contributed by atoms with Crippen molar-refractivity contribution in [3.8, 4) is 5.75 Å². The number of carboxylic acids is 1. The van der Waals surface area contributed by atoms with Gasteiger partial charge in [-0.15, -0.1) is 0 Å². The van der Waals surface area contributed by atoms with E-state index < -0.39 is 5.97 Å². The molecule has 2 aliphatic rings. The molecule has 0 amide bonds. The van der Waals surface area contributed by atoms with Gasteiger partial charge in [0, 0.05) is 17.4 Å². The van der Waals surface area contributed by atoms with Crippen molar-refractivity contribution < 1.29 is 19.4 Å². The average Bonchev–Trinajstić information content (AvgIpc) is 3.08. The smallest absolute Gasteiger partial charge is 0.139 e. The fraction of sp³-hybridized carbons (Fsp3) is 0.643. The number of carbonyl (C=O) groups is 2. The van der Waals surface area contributed by atoms with E-state index in [2.05, 4.69) is 34.6 Å². The molecule has 0 radical (unpaired) electrons. The monoisotopic (exact) mass is 441 g/mol. The second kappa shape index (κ2) is 11.7. The first-order valence-electron chi connectivity index (χ1n) is 12.3. The van der Waals surface area contributed by atoms with E-state index in [0.29, 0.717) is 11.7 Å². The van der Waals surface area contributed by atoms with Crippen molar-refractivity contribution in [1.82, 2.24) is 0 Å². The van der Waals surface area contributed by atoms with Crippen molar-refractivity contribution >= 4 is 17.8 Å². The molecule has 3 atom stereocenters. The van der Waals surface area contributed by atoms with Crippen LogP contribution in [-0.4, -0.2) is 17.9 Å². The maximum Gasteiger partial charge on any atom is 0.139 e. The zero-order valence-corrected chi connectivity index (χ0v) is 20.6. The highest BCUT2D eigenvalue weighted by molar-refractivity contribution is 5.89. The molecule has 1 aromatic carbocycles. The molecule has 2 saturated carbocycles. The number of fused-ring (bicyclic) bond motifs is 2. The molecule has 2 fully saturated rings. The van der Waals surface area contributed by atoms with Gasteiger partial charge in [-0.05, 0) is 61.7 Å². The zero-order valence-electron chi connectivity index (χ0n) is 20.6. The molecular formula is C28H41O4-. The highest BCUT2D eigenvalue weighted by Crippen LogP contribution is 2.63. The Morgan fingerprint density at radius 2 is 1.91 bits per heavy atom. The lowest BCUT2D eigenvalue weighted by Gasteiger charge is -2.32. The van der Waals surface area contributed by atoms with Crippen LogP contribution in [0.25, 0.3) is 6.08 Å². The number of ether oxygens (including phenoxy) is 1. The summed E-state index contributed by atoms with van der Waals surface area (Å²) in [7, 11) is 0. The Hall–Kier alpha value is -2.10. The van der Waals surface area contributed by atoms with Crippen LogP contribution in [0.5, 0.6) is 5.75 Å². The summed E-state index contributed by atoms with van der Waals surface area (Å²) in [6, 6.07) is 7.49. The van der Waals surface area contributed by atoms with Gasteiger partial charge >= 0.3 is 0 Å². The van der Waals surface area contributed by atoms with Gasteiger partial charge in [-0.1, -0.05) is 72.1 Å². The molecule has 0 N–H and O–H groups in total. The van der Waals surface area contributed by atoms with E-state index in [1.54, 1.807) is 0 Å². The van der Waals surface area contributed by atoms with Crippen LogP contribution in [0.1, 0.15) is 98.0 Å². The topological polar surface area (TPSA) is 66.4 Å². The second-order valence-corrected chi connectivity index (χ2v) is 10.1. The van der Waals surface area contributed by atoms with Crippen LogP contribution in [0.15, 0.2) is 30.3 Å². The second-order valence-electron chi connectivity index (χ2n) is 10.1. The van der Waals surface area contributed by atoms with E-state index in [0.717, 1.165) is 43.1 Å². The maximum atomic E-state index is 11.6. The number of hydrogen-bond donors (Lipinski definition) is 0. The molecule has 0 aromatic heterocycles. The molecule has 0 spiro atoms. The third-order valence-electron chi connectivity index (χ3n) is 7.93. The van der Waals surface area contributed by atoms with Gasteiger partial charge in [-0.25, -0.2) is 0 Å². The van der Waals surface area contributed by atoms with Crippen molar-refractivity contribution in [2.24, 2.45) is 16.7 Å². The number of carbonyl (C=O) groups excluding carboxylic acids is 2. The number of aliphatic carboxylic acids is 1. The highest BCUT2D eigenvalue weighted by atomic mass is 16.5. The van der Waals surface area contributed by atoms with Crippen LogP contribution in [-0.2, 0) is 9.59 Å². The first-order chi connectivity index (χ1) is 15.2. The quantitative estimate of drug-likeness (QED) is 0.331. The minimum absolute atomic E-state index is 0.0255. The van der Waals surface area contributed by atoms with Gasteiger partial charge in [0.2, 0.25) is 0 Å². The molecule has 4 heteroatoms. The van der Waals surface area contributed by atoms with Gasteiger partial charge in [-0.2, -0.15) is 0 Å². The van der Waals surface area contributed by atoms with Crippen molar-refractivity contribution in [3.63, 3.8) is 0 Å². The lowest BCUT2D eigenvalue weighted by Crippen LogP contribution is -2.32. The molecule has 3 unspecified atom stereocenters. The summed E-state index contributed by atoms with van der Waals surface area (Å²) in [5.41, 5.74) is 1.08. The molecule has 2 bridgehead atoms. The molecule has 0 heterocycles. The third-order valence-corrected chi connectivity index (χ3v) is 7.93. The number of para-hydroxylation sites is 1. The average molecular weight is 442 g/mol. The first kappa shape index (κ1) is 26.2. The molecule has 1 aromatic rings. The normalized spacial score (nSPS) is 24.3. The summed E-state index contributed by atoms with van der Waals surface area (Å²) < 4.78 is 6.04. The largest absolute Gasteiger partial charge is 0.545 e. The minimum atomic E-state index is -1.20. The predicted molar refractivity (Wildman–Crippen MR) is 128 cm³/mol. The molecule has 0 saturated heterocycles. The Balaban J connectivity index is 0.000000273. The van der Waals surface area contributed by atoms with Crippen LogP contribution < -0.4 is 9.84 Å². The van der Waals surface area contributed by atoms with E-state index in [9.17, 15) is 14.7 Å². The number of Topliss-reactive ketones (excluding diaryl/α,β-unsaturated/α-hetero) is 1. The van der Waals surface area contributed by atoms with Gasteiger partial charge < -0.3 is 14.6 Å². The standard InChI is InChI=1S/C18H26O3.C10H16O/c1-3-5-6-7-11-16(4-2)21-17-12-9-8-10-15(17)13-14-18(19)20;1-9(2)7-4-5-10(9,3)8(11)6-7/h8-10,12-14,16H,3-7,11H2,1-2H3,(H,19,20);7H,4-6H2,1-3H3/p-1/b14-13+;. The van der Waals surface area contributed by atoms with E-state index in [4.69, 9.17) is 4.74 Å². The van der Waals surface area contributed by atoms with Gasteiger partial charge in [0.25, 0.3) is 0 Å². The van der Waals surface area contributed by atoms with Gasteiger partial charge in [-0.3, -0.25) is 4.79 Å². The van der Waals surface area contributed by atoms with Crippen LogP contribution in [0, 0.1) is 16.7 Å². The Morgan fingerprint density at radius 3 is 2.41 bits per heavy atom. The number of unbranched alkanes of at least 4 members (excludes halogenated alkanes) is 3. The van der Waals surface area contributed by atoms with Crippen molar-refractivity contribution in [2.75, 3.05) is 0 Å². The molecule has 178 valence electrons. The summed E-state index contributed by atoms with van der Waals surface area (Å²) in [5.74, 6) is 0.729. The Morgan fingerprint density at radius 1 is 1.19 bits per heavy atom. The highest BCUT2D eigenvalue weighted by Gasteiger charge is 2.61. The summed E-state index contributed by atoms with van der Waals surface area (Å²) in [5, 5.41) is 10.5. The van der Waals surface area contributed by atoms with Crippen LogP contribution >= 0.6 is 0 Å². The van der Waals surface area contributed by atoms with Crippen LogP contribution in [0.2, 0.25) is 0 Å². The van der Waals surface area contributed by atoms with Gasteiger partial charge in [0.15, 0.2) is 0 Å². The third kappa shape index (κ3) is 6.24. The number of benzene rings is 1. The zero-order chi connectivity index (χ0) is 23.8. The number of carboxylic acid groups (broad SMARTS) is 1. The van der Waals surface area contributed by atoms with E-state index in [-0.39, 0.29) is 16.9 Å². The Bertz CT molecular complexity index is 794. The summed E-state index contributed by atoms with van der Waals surface area (Å²) >= 11 is 0. The Labute approximate surface area is 194 Å². The Kier molecular flexibility index (Phi) is 9.54. The van der Waals surface area contributed by atoms with Crippen molar-refractivity contribution in [3.05, 3.63) is 35.9 Å². The van der Waals surface area contributed by atoms with Crippen LogP contribution in [0.4, 0.5) is 0 Å². The minimum Gasteiger partial charge on any atom is -0.545 e. The van der Waals surface area contributed by atoms with E-state index in [1.807, 2.05) is 24.3 Å². The van der Waals surface area contributed by atoms with E-state index >= 15 is 0 Å². The molecule has 3 rings (SSSR count).